The molecule has 0 unspecified atom stereocenters. The minimum Gasteiger partial charge on any atom is -0.481 e. The molecule has 0 saturated heterocycles. The van der Waals surface area contributed by atoms with Gasteiger partial charge >= 0.3 is 0 Å². The van der Waals surface area contributed by atoms with E-state index < -0.39 is 0 Å². The number of benzene rings is 2. The molecule has 1 aromatic heterocycles. The number of amides is 1. The largest absolute Gasteiger partial charge is 0.481 e. The average Bonchev–Trinajstić information content (AvgIpc) is 2.60. The van der Waals surface area contributed by atoms with Gasteiger partial charge in [0.2, 0.25) is 0 Å². The standard InChI is InChI=1S/C19H17ClN2O2/c20-16-7-1-4-14(12-16)9-11-21-18(23)13-24-17-8-2-5-15-6-3-10-22-19(15)17/h1-8,10,12H,9,11,13H2,(H,21,23). The van der Waals surface area contributed by atoms with Gasteiger partial charge in [-0.05, 0) is 36.2 Å². The molecule has 5 heteroatoms. The number of carbonyl (C=O) groups excluding carboxylic acids is 1. The summed E-state index contributed by atoms with van der Waals surface area (Å²) >= 11 is 5.94. The molecule has 0 radical (unpaired) electrons. The first-order chi connectivity index (χ1) is 11.7. The van der Waals surface area contributed by atoms with Gasteiger partial charge < -0.3 is 10.1 Å². The molecule has 3 aromatic rings. The Labute approximate surface area is 145 Å². The maximum Gasteiger partial charge on any atom is 0.257 e. The number of halogens is 1. The second-order valence-corrected chi connectivity index (χ2v) is 5.79. The molecule has 2 aromatic carbocycles. The third-order valence-corrected chi connectivity index (χ3v) is 3.81. The van der Waals surface area contributed by atoms with Crippen molar-refractivity contribution in [1.82, 2.24) is 10.3 Å². The molecule has 1 amide bonds. The predicted octanol–water partition coefficient (Wildman–Crippen LogP) is 3.63. The number of aromatic nitrogens is 1. The second-order valence-electron chi connectivity index (χ2n) is 5.35. The average molecular weight is 341 g/mol. The highest BCUT2D eigenvalue weighted by molar-refractivity contribution is 6.30. The lowest BCUT2D eigenvalue weighted by Crippen LogP contribution is -2.30. The summed E-state index contributed by atoms with van der Waals surface area (Å²) in [6, 6.07) is 17.1. The van der Waals surface area contributed by atoms with Gasteiger partial charge in [-0.2, -0.15) is 0 Å². The first-order valence-electron chi connectivity index (χ1n) is 7.70. The molecule has 4 nitrogen and oxygen atoms in total. The van der Waals surface area contributed by atoms with Gasteiger partial charge in [0.05, 0.1) is 0 Å². The van der Waals surface area contributed by atoms with E-state index in [1.807, 2.05) is 54.6 Å². The highest BCUT2D eigenvalue weighted by atomic mass is 35.5. The van der Waals surface area contributed by atoms with Crippen molar-refractivity contribution in [2.24, 2.45) is 0 Å². The normalized spacial score (nSPS) is 10.5. The molecule has 1 N–H and O–H groups in total. The fourth-order valence-electron chi connectivity index (χ4n) is 2.43. The zero-order chi connectivity index (χ0) is 16.8. The van der Waals surface area contributed by atoms with Crippen molar-refractivity contribution < 1.29 is 9.53 Å². The summed E-state index contributed by atoms with van der Waals surface area (Å²) in [6.45, 7) is 0.502. The maximum absolute atomic E-state index is 11.9. The molecular weight excluding hydrogens is 324 g/mol. The molecule has 24 heavy (non-hydrogen) atoms. The van der Waals surface area contributed by atoms with Crippen LogP contribution in [0.3, 0.4) is 0 Å². The minimum absolute atomic E-state index is 0.0365. The third-order valence-electron chi connectivity index (χ3n) is 3.58. The summed E-state index contributed by atoms with van der Waals surface area (Å²) < 4.78 is 5.61. The van der Waals surface area contributed by atoms with E-state index in [-0.39, 0.29) is 12.5 Å². The Hall–Kier alpha value is -2.59. The Bertz CT molecular complexity index is 846. The lowest BCUT2D eigenvalue weighted by Gasteiger charge is -2.09. The summed E-state index contributed by atoms with van der Waals surface area (Å²) in [7, 11) is 0. The van der Waals surface area contributed by atoms with Crippen molar-refractivity contribution in [2.45, 2.75) is 6.42 Å². The maximum atomic E-state index is 11.9. The Kier molecular flexibility index (Phi) is 5.29. The van der Waals surface area contributed by atoms with Crippen LogP contribution in [0, 0.1) is 0 Å². The highest BCUT2D eigenvalue weighted by Gasteiger charge is 2.06. The Balaban J connectivity index is 1.50. The fourth-order valence-corrected chi connectivity index (χ4v) is 2.64. The zero-order valence-corrected chi connectivity index (χ0v) is 13.8. The molecular formula is C19H17ClN2O2. The number of rotatable bonds is 6. The predicted molar refractivity (Wildman–Crippen MR) is 95.4 cm³/mol. The van der Waals surface area contributed by atoms with Crippen LogP contribution >= 0.6 is 11.6 Å². The Morgan fingerprint density at radius 1 is 1.12 bits per heavy atom. The topological polar surface area (TPSA) is 51.2 Å². The molecule has 0 aliphatic carbocycles. The van der Waals surface area contributed by atoms with Gasteiger partial charge in [-0.15, -0.1) is 0 Å². The number of ether oxygens (including phenoxy) is 1. The second kappa shape index (κ2) is 7.79. The molecule has 0 aliphatic rings. The summed E-state index contributed by atoms with van der Waals surface area (Å²) in [5.74, 6) is 0.447. The Morgan fingerprint density at radius 2 is 1.96 bits per heavy atom. The van der Waals surface area contributed by atoms with Crippen molar-refractivity contribution in [3.8, 4) is 5.75 Å². The van der Waals surface area contributed by atoms with Gasteiger partial charge in [0.15, 0.2) is 6.61 Å². The van der Waals surface area contributed by atoms with Gasteiger partial charge in [-0.3, -0.25) is 9.78 Å². The number of pyridine rings is 1. The molecule has 0 saturated carbocycles. The molecule has 1 heterocycles. The number of hydrogen-bond acceptors (Lipinski definition) is 3. The van der Waals surface area contributed by atoms with Crippen LogP contribution in [0.1, 0.15) is 5.56 Å². The van der Waals surface area contributed by atoms with Crippen LogP contribution in [-0.4, -0.2) is 24.0 Å². The van der Waals surface area contributed by atoms with Gasteiger partial charge in [-0.1, -0.05) is 41.9 Å². The third kappa shape index (κ3) is 4.24. The van der Waals surface area contributed by atoms with Crippen molar-refractivity contribution in [1.29, 1.82) is 0 Å². The van der Waals surface area contributed by atoms with Crippen LogP contribution < -0.4 is 10.1 Å². The van der Waals surface area contributed by atoms with E-state index in [0.717, 1.165) is 22.9 Å². The number of fused-ring (bicyclic) bond motifs is 1. The van der Waals surface area contributed by atoms with Gasteiger partial charge in [0.25, 0.3) is 5.91 Å². The van der Waals surface area contributed by atoms with Crippen molar-refractivity contribution in [3.63, 3.8) is 0 Å². The summed E-state index contributed by atoms with van der Waals surface area (Å²) in [5.41, 5.74) is 1.84. The molecule has 122 valence electrons. The van der Waals surface area contributed by atoms with Gasteiger partial charge in [-0.25, -0.2) is 0 Å². The van der Waals surface area contributed by atoms with E-state index in [9.17, 15) is 4.79 Å². The van der Waals surface area contributed by atoms with Crippen LogP contribution in [0.15, 0.2) is 60.8 Å². The number of nitrogens with one attached hydrogen (secondary N) is 1. The molecule has 0 bridgehead atoms. The van der Waals surface area contributed by atoms with E-state index in [2.05, 4.69) is 10.3 Å². The lowest BCUT2D eigenvalue weighted by atomic mass is 10.1. The van der Waals surface area contributed by atoms with E-state index in [4.69, 9.17) is 16.3 Å². The van der Waals surface area contributed by atoms with Crippen LogP contribution in [0.25, 0.3) is 10.9 Å². The summed E-state index contributed by atoms with van der Waals surface area (Å²) in [4.78, 5) is 16.2. The van der Waals surface area contributed by atoms with E-state index in [0.29, 0.717) is 17.3 Å². The smallest absolute Gasteiger partial charge is 0.257 e. The van der Waals surface area contributed by atoms with Crippen molar-refractivity contribution in [2.75, 3.05) is 13.2 Å². The van der Waals surface area contributed by atoms with Gasteiger partial charge in [0, 0.05) is 23.2 Å². The molecule has 3 rings (SSSR count). The highest BCUT2D eigenvalue weighted by Crippen LogP contribution is 2.22. The quantitative estimate of drug-likeness (QED) is 0.745. The number of para-hydroxylation sites is 1. The van der Waals surface area contributed by atoms with Crippen LogP contribution in [0.2, 0.25) is 5.02 Å². The molecule has 0 atom stereocenters. The monoisotopic (exact) mass is 340 g/mol. The summed E-state index contributed by atoms with van der Waals surface area (Å²) in [6.07, 6.45) is 2.43. The Morgan fingerprint density at radius 3 is 2.83 bits per heavy atom. The minimum atomic E-state index is -0.162. The SMILES string of the molecule is O=C(COc1cccc2cccnc12)NCCc1cccc(Cl)c1. The van der Waals surface area contributed by atoms with Crippen molar-refractivity contribution in [3.05, 3.63) is 71.4 Å². The summed E-state index contributed by atoms with van der Waals surface area (Å²) in [5, 5.41) is 4.52. The number of nitrogens with zero attached hydrogens (tertiary/aromatic N) is 1. The van der Waals surface area contributed by atoms with E-state index in [1.165, 1.54) is 0 Å². The van der Waals surface area contributed by atoms with Crippen molar-refractivity contribution >= 4 is 28.4 Å². The number of carbonyl (C=O) groups is 1. The molecule has 0 fully saturated rings. The lowest BCUT2D eigenvalue weighted by molar-refractivity contribution is -0.123. The van der Waals surface area contributed by atoms with Crippen LogP contribution in [0.5, 0.6) is 5.75 Å². The molecule has 0 spiro atoms. The van der Waals surface area contributed by atoms with E-state index >= 15 is 0 Å². The van der Waals surface area contributed by atoms with E-state index in [1.54, 1.807) is 6.20 Å². The first kappa shape index (κ1) is 16.3. The zero-order valence-electron chi connectivity index (χ0n) is 13.0. The van der Waals surface area contributed by atoms with Crippen LogP contribution in [-0.2, 0) is 11.2 Å². The molecule has 0 aliphatic heterocycles. The first-order valence-corrected chi connectivity index (χ1v) is 8.08. The van der Waals surface area contributed by atoms with Gasteiger partial charge in [0.1, 0.15) is 11.3 Å². The van der Waals surface area contributed by atoms with Crippen LogP contribution in [0.4, 0.5) is 0 Å². The number of hydrogen-bond donors (Lipinski definition) is 1. The fraction of sp³-hybridized carbons (Fsp3) is 0.158.